The Hall–Kier alpha value is -2.68. The number of anilines is 1. The van der Waals surface area contributed by atoms with E-state index < -0.39 is 17.5 Å². The van der Waals surface area contributed by atoms with Gasteiger partial charge in [0.05, 0.1) is 6.20 Å². The van der Waals surface area contributed by atoms with Gasteiger partial charge in [-0.15, -0.1) is 16.4 Å². The van der Waals surface area contributed by atoms with Gasteiger partial charge in [-0.1, -0.05) is 6.92 Å². The molecule has 9 heteroatoms. The lowest BCUT2D eigenvalue weighted by molar-refractivity contribution is 0.102. The number of amides is 1. The van der Waals surface area contributed by atoms with Gasteiger partial charge in [-0.25, -0.2) is 13.8 Å². The van der Waals surface area contributed by atoms with Crippen LogP contribution in [0.4, 0.5) is 14.7 Å². The highest BCUT2D eigenvalue weighted by molar-refractivity contribution is 7.17. The third-order valence-corrected chi connectivity index (χ3v) is 4.03. The highest BCUT2D eigenvalue weighted by Gasteiger charge is 2.15. The minimum Gasteiger partial charge on any atom is -0.288 e. The number of nitrogens with zero attached hydrogens (tertiary/aromatic N) is 3. The molecule has 0 atom stereocenters. The first-order chi connectivity index (χ1) is 11.1. The molecule has 2 N–H and O–H groups in total. The number of aryl methyl sites for hydroxylation is 1. The van der Waals surface area contributed by atoms with E-state index >= 15 is 0 Å². The first-order valence-corrected chi connectivity index (χ1v) is 7.52. The van der Waals surface area contributed by atoms with E-state index in [1.54, 1.807) is 0 Å². The van der Waals surface area contributed by atoms with Gasteiger partial charge in [0.1, 0.15) is 15.7 Å². The molecule has 0 aliphatic rings. The van der Waals surface area contributed by atoms with E-state index in [1.807, 2.05) is 6.92 Å². The molecule has 0 bridgehead atoms. The second-order valence-corrected chi connectivity index (χ2v) is 5.60. The molecule has 0 unspecified atom stereocenters. The van der Waals surface area contributed by atoms with Crippen LogP contribution >= 0.6 is 11.3 Å². The van der Waals surface area contributed by atoms with Gasteiger partial charge in [0.15, 0.2) is 11.6 Å². The summed E-state index contributed by atoms with van der Waals surface area (Å²) in [4.78, 5) is 20.6. The predicted octanol–water partition coefficient (Wildman–Crippen LogP) is 3.02. The monoisotopic (exact) mass is 335 g/mol. The van der Waals surface area contributed by atoms with E-state index in [9.17, 15) is 13.6 Å². The van der Waals surface area contributed by atoms with Crippen molar-refractivity contribution in [2.24, 2.45) is 0 Å². The molecule has 0 aliphatic carbocycles. The van der Waals surface area contributed by atoms with Gasteiger partial charge in [-0.3, -0.25) is 15.2 Å². The molecule has 3 rings (SSSR count). The van der Waals surface area contributed by atoms with Gasteiger partial charge in [-0.2, -0.15) is 4.98 Å². The third-order valence-electron chi connectivity index (χ3n) is 2.99. The largest absolute Gasteiger partial charge is 0.288 e. The molecular formula is C14H11F2N5OS. The summed E-state index contributed by atoms with van der Waals surface area (Å²) in [5.41, 5.74) is 0.402. The number of hydrogen-bond acceptors (Lipinski definition) is 5. The Kier molecular flexibility index (Phi) is 4.11. The highest BCUT2D eigenvalue weighted by atomic mass is 32.1. The maximum Gasteiger partial charge on any atom is 0.269 e. The van der Waals surface area contributed by atoms with Crippen molar-refractivity contribution < 1.29 is 13.6 Å². The zero-order chi connectivity index (χ0) is 16.4. The van der Waals surface area contributed by atoms with Crippen LogP contribution in [0.2, 0.25) is 0 Å². The second kappa shape index (κ2) is 6.21. The summed E-state index contributed by atoms with van der Waals surface area (Å²) in [6.45, 7) is 1.91. The quantitative estimate of drug-likeness (QED) is 0.768. The molecule has 2 aromatic heterocycles. The molecule has 0 fully saturated rings. The molecule has 3 aromatic rings. The van der Waals surface area contributed by atoms with Crippen LogP contribution < -0.4 is 5.32 Å². The first kappa shape index (κ1) is 15.2. The Balaban J connectivity index is 1.77. The fourth-order valence-electron chi connectivity index (χ4n) is 1.81. The molecule has 118 valence electrons. The summed E-state index contributed by atoms with van der Waals surface area (Å²) >= 11 is 1.06. The number of aromatic nitrogens is 4. The van der Waals surface area contributed by atoms with Crippen LogP contribution in [0, 0.1) is 11.6 Å². The lowest BCUT2D eigenvalue weighted by Crippen LogP contribution is -2.11. The Labute approximate surface area is 133 Å². The van der Waals surface area contributed by atoms with Crippen LogP contribution in [0.15, 0.2) is 24.4 Å². The van der Waals surface area contributed by atoms with Gasteiger partial charge in [0, 0.05) is 12.0 Å². The minimum absolute atomic E-state index is 0.176. The van der Waals surface area contributed by atoms with E-state index in [0.29, 0.717) is 27.7 Å². The molecule has 0 saturated carbocycles. The van der Waals surface area contributed by atoms with Crippen LogP contribution in [-0.4, -0.2) is 26.1 Å². The van der Waals surface area contributed by atoms with Gasteiger partial charge in [0.2, 0.25) is 5.95 Å². The van der Waals surface area contributed by atoms with E-state index in [4.69, 9.17) is 0 Å². The summed E-state index contributed by atoms with van der Waals surface area (Å²) in [6, 6.07) is 3.46. The Morgan fingerprint density at radius 1 is 1.35 bits per heavy atom. The van der Waals surface area contributed by atoms with Crippen molar-refractivity contribution in [2.75, 3.05) is 5.32 Å². The van der Waals surface area contributed by atoms with E-state index in [-0.39, 0.29) is 5.95 Å². The zero-order valence-electron chi connectivity index (χ0n) is 11.9. The number of benzene rings is 1. The zero-order valence-corrected chi connectivity index (χ0v) is 12.7. The van der Waals surface area contributed by atoms with Crippen molar-refractivity contribution in [1.82, 2.24) is 20.2 Å². The predicted molar refractivity (Wildman–Crippen MR) is 81.2 cm³/mol. The molecule has 1 aromatic carbocycles. The number of carbonyl (C=O) groups excluding carboxylic acids is 1. The lowest BCUT2D eigenvalue weighted by atomic mass is 10.2. The summed E-state index contributed by atoms with van der Waals surface area (Å²) in [6.07, 6.45) is 2.04. The van der Waals surface area contributed by atoms with Gasteiger partial charge in [0.25, 0.3) is 5.91 Å². The van der Waals surface area contributed by atoms with Crippen molar-refractivity contribution >= 4 is 23.2 Å². The first-order valence-electron chi connectivity index (χ1n) is 6.70. The fourth-order valence-corrected chi connectivity index (χ4v) is 2.62. The number of halogens is 2. The van der Waals surface area contributed by atoms with Crippen LogP contribution in [-0.2, 0) is 6.42 Å². The number of thiazole rings is 1. The molecule has 1 amide bonds. The molecule has 0 radical (unpaired) electrons. The van der Waals surface area contributed by atoms with Crippen molar-refractivity contribution in [1.29, 1.82) is 0 Å². The Morgan fingerprint density at radius 3 is 2.87 bits per heavy atom. The molecule has 6 nitrogen and oxygen atoms in total. The van der Waals surface area contributed by atoms with Crippen LogP contribution in [0.1, 0.15) is 22.4 Å². The maximum atomic E-state index is 13.3. The summed E-state index contributed by atoms with van der Waals surface area (Å²) in [5, 5.41) is 9.51. The lowest BCUT2D eigenvalue weighted by Gasteiger charge is -1.98. The molecular weight excluding hydrogens is 324 g/mol. The van der Waals surface area contributed by atoms with E-state index in [2.05, 4.69) is 25.5 Å². The summed E-state index contributed by atoms with van der Waals surface area (Å²) in [5.74, 6) is -1.48. The Morgan fingerprint density at radius 2 is 2.17 bits per heavy atom. The summed E-state index contributed by atoms with van der Waals surface area (Å²) in [7, 11) is 0. The number of hydrogen-bond donors (Lipinski definition) is 2. The number of carbonyl (C=O) groups is 1. The number of nitrogens with one attached hydrogen (secondary N) is 2. The van der Waals surface area contributed by atoms with Gasteiger partial charge >= 0.3 is 0 Å². The Bertz CT molecular complexity index is 860. The van der Waals surface area contributed by atoms with E-state index in [0.717, 1.165) is 23.5 Å². The summed E-state index contributed by atoms with van der Waals surface area (Å²) < 4.78 is 26.2. The normalized spacial score (nSPS) is 10.7. The smallest absolute Gasteiger partial charge is 0.269 e. The molecule has 0 spiro atoms. The third kappa shape index (κ3) is 3.24. The molecule has 0 aliphatic heterocycles. The highest BCUT2D eigenvalue weighted by Crippen LogP contribution is 2.26. The van der Waals surface area contributed by atoms with Crippen LogP contribution in [0.3, 0.4) is 0 Å². The van der Waals surface area contributed by atoms with Crippen molar-refractivity contribution in [3.8, 4) is 10.6 Å². The average Bonchev–Trinajstić information content (AvgIpc) is 3.19. The standard InChI is InChI=1S/C14H11F2N5OS/c1-2-11-18-14(21-20-11)19-12(22)10-6-17-13(23-10)7-3-4-8(15)9(16)5-7/h3-6H,2H2,1H3,(H2,18,19,20,21,22). The van der Waals surface area contributed by atoms with Crippen LogP contribution in [0.25, 0.3) is 10.6 Å². The molecule has 23 heavy (non-hydrogen) atoms. The van der Waals surface area contributed by atoms with Gasteiger partial charge in [-0.05, 0) is 18.2 Å². The van der Waals surface area contributed by atoms with E-state index in [1.165, 1.54) is 12.3 Å². The second-order valence-electron chi connectivity index (χ2n) is 4.57. The van der Waals surface area contributed by atoms with Crippen molar-refractivity contribution in [3.05, 3.63) is 46.7 Å². The maximum absolute atomic E-state index is 13.3. The molecule has 0 saturated heterocycles. The van der Waals surface area contributed by atoms with Crippen LogP contribution in [0.5, 0.6) is 0 Å². The number of rotatable bonds is 4. The minimum atomic E-state index is -0.962. The van der Waals surface area contributed by atoms with Crippen molar-refractivity contribution in [2.45, 2.75) is 13.3 Å². The number of aromatic amines is 1. The van der Waals surface area contributed by atoms with Gasteiger partial charge < -0.3 is 0 Å². The SMILES string of the molecule is CCc1nc(NC(=O)c2cnc(-c3ccc(F)c(F)c3)s2)n[nH]1. The average molecular weight is 335 g/mol. The molecule has 2 heterocycles. The topological polar surface area (TPSA) is 83.6 Å². The van der Waals surface area contributed by atoms with Crippen molar-refractivity contribution in [3.63, 3.8) is 0 Å². The fraction of sp³-hybridized carbons (Fsp3) is 0.143. The number of H-pyrrole nitrogens is 1.